The number of para-hydroxylation sites is 1. The summed E-state index contributed by atoms with van der Waals surface area (Å²) in [6.45, 7) is 5.99. The number of carbonyl (C=O) groups excluding carboxylic acids is 1. The lowest BCUT2D eigenvalue weighted by Crippen LogP contribution is -2.32. The van der Waals surface area contributed by atoms with E-state index < -0.39 is 6.04 Å². The van der Waals surface area contributed by atoms with Gasteiger partial charge in [-0.1, -0.05) is 26.0 Å². The number of anilines is 1. The number of nitriles is 1. The van der Waals surface area contributed by atoms with Gasteiger partial charge in [0.2, 0.25) is 0 Å². The Morgan fingerprint density at radius 3 is 2.68 bits per heavy atom. The van der Waals surface area contributed by atoms with Crippen molar-refractivity contribution in [1.29, 1.82) is 5.26 Å². The van der Waals surface area contributed by atoms with E-state index >= 15 is 0 Å². The number of hydrogen-bond acceptors (Lipinski definition) is 4. The third kappa shape index (κ3) is 3.99. The summed E-state index contributed by atoms with van der Waals surface area (Å²) >= 11 is 0. The fourth-order valence-electron chi connectivity index (χ4n) is 1.95. The van der Waals surface area contributed by atoms with Crippen molar-refractivity contribution in [3.05, 3.63) is 29.3 Å². The number of nitrogens with one attached hydrogen (secondary N) is 1. The fraction of sp³-hybridized carbons (Fsp3) is 0.467. The Bertz CT molecular complexity index is 489. The molecule has 0 heterocycles. The summed E-state index contributed by atoms with van der Waals surface area (Å²) in [5.74, 6) is 0.0481. The quantitative estimate of drug-likeness (QED) is 0.827. The van der Waals surface area contributed by atoms with E-state index in [-0.39, 0.29) is 5.97 Å². The first-order chi connectivity index (χ1) is 8.99. The van der Waals surface area contributed by atoms with Gasteiger partial charge in [0.05, 0.1) is 18.4 Å². The molecule has 4 nitrogen and oxygen atoms in total. The predicted molar refractivity (Wildman–Crippen MR) is 74.8 cm³/mol. The SMILES string of the molecule is COC(=O)C(CC(C)C)Nc1c(C)cccc1C#N. The Morgan fingerprint density at radius 2 is 2.16 bits per heavy atom. The van der Waals surface area contributed by atoms with Gasteiger partial charge in [-0.25, -0.2) is 4.79 Å². The monoisotopic (exact) mass is 260 g/mol. The minimum atomic E-state index is -0.432. The molecule has 0 radical (unpaired) electrons. The molecule has 19 heavy (non-hydrogen) atoms. The van der Waals surface area contributed by atoms with Gasteiger partial charge in [-0.3, -0.25) is 0 Å². The molecule has 0 aliphatic carbocycles. The molecule has 1 unspecified atom stereocenters. The van der Waals surface area contributed by atoms with Gasteiger partial charge in [0.1, 0.15) is 12.1 Å². The minimum Gasteiger partial charge on any atom is -0.467 e. The normalized spacial score (nSPS) is 11.8. The molecule has 0 fully saturated rings. The first-order valence-corrected chi connectivity index (χ1v) is 6.33. The van der Waals surface area contributed by atoms with Gasteiger partial charge in [0, 0.05) is 0 Å². The van der Waals surface area contributed by atoms with Gasteiger partial charge in [0.15, 0.2) is 0 Å². The highest BCUT2D eigenvalue weighted by Gasteiger charge is 2.22. The zero-order valence-electron chi connectivity index (χ0n) is 11.9. The maximum Gasteiger partial charge on any atom is 0.328 e. The molecule has 1 N–H and O–H groups in total. The van der Waals surface area contributed by atoms with Crippen LogP contribution in [0, 0.1) is 24.2 Å². The summed E-state index contributed by atoms with van der Waals surface area (Å²) < 4.78 is 4.81. The maximum absolute atomic E-state index is 11.8. The zero-order chi connectivity index (χ0) is 14.4. The molecular formula is C15H20N2O2. The Morgan fingerprint density at radius 1 is 1.47 bits per heavy atom. The van der Waals surface area contributed by atoms with Crippen molar-refractivity contribution < 1.29 is 9.53 Å². The molecule has 0 aliphatic rings. The second kappa shape index (κ2) is 6.79. The number of rotatable bonds is 5. The Hall–Kier alpha value is -2.02. The van der Waals surface area contributed by atoms with E-state index in [0.29, 0.717) is 23.6 Å². The topological polar surface area (TPSA) is 62.1 Å². The van der Waals surface area contributed by atoms with Crippen LogP contribution in [0.3, 0.4) is 0 Å². The van der Waals surface area contributed by atoms with Crippen LogP contribution in [-0.2, 0) is 9.53 Å². The van der Waals surface area contributed by atoms with Gasteiger partial charge in [-0.15, -0.1) is 0 Å². The molecule has 0 aliphatic heterocycles. The van der Waals surface area contributed by atoms with Gasteiger partial charge < -0.3 is 10.1 Å². The van der Waals surface area contributed by atoms with Crippen molar-refractivity contribution in [2.24, 2.45) is 5.92 Å². The lowest BCUT2D eigenvalue weighted by Gasteiger charge is -2.21. The van der Waals surface area contributed by atoms with Crippen molar-refractivity contribution in [3.63, 3.8) is 0 Å². The summed E-state index contributed by atoms with van der Waals surface area (Å²) in [5.41, 5.74) is 2.19. The molecule has 1 aromatic rings. The molecule has 1 rings (SSSR count). The highest BCUT2D eigenvalue weighted by molar-refractivity contribution is 5.80. The lowest BCUT2D eigenvalue weighted by molar-refractivity contribution is -0.141. The number of carbonyl (C=O) groups is 1. The van der Waals surface area contributed by atoms with Crippen molar-refractivity contribution >= 4 is 11.7 Å². The third-order valence-electron chi connectivity index (χ3n) is 2.90. The molecular weight excluding hydrogens is 240 g/mol. The van der Waals surface area contributed by atoms with Crippen molar-refractivity contribution in [3.8, 4) is 6.07 Å². The zero-order valence-corrected chi connectivity index (χ0v) is 11.9. The molecule has 1 aromatic carbocycles. The van der Waals surface area contributed by atoms with Crippen LogP contribution in [0.15, 0.2) is 18.2 Å². The molecule has 1 atom stereocenters. The summed E-state index contributed by atoms with van der Waals surface area (Å²) in [5, 5.41) is 12.3. The van der Waals surface area contributed by atoms with E-state index in [1.807, 2.05) is 32.9 Å². The summed E-state index contributed by atoms with van der Waals surface area (Å²) in [6.07, 6.45) is 0.659. The van der Waals surface area contributed by atoms with E-state index in [0.717, 1.165) is 5.56 Å². The van der Waals surface area contributed by atoms with Gasteiger partial charge in [0.25, 0.3) is 0 Å². The molecule has 4 heteroatoms. The predicted octanol–water partition coefficient (Wildman–Crippen LogP) is 2.87. The first kappa shape index (κ1) is 15.0. The van der Waals surface area contributed by atoms with Crippen molar-refractivity contribution in [1.82, 2.24) is 0 Å². The van der Waals surface area contributed by atoms with Gasteiger partial charge in [-0.2, -0.15) is 5.26 Å². The first-order valence-electron chi connectivity index (χ1n) is 6.33. The average molecular weight is 260 g/mol. The summed E-state index contributed by atoms with van der Waals surface area (Å²) in [6, 6.07) is 7.18. The van der Waals surface area contributed by atoms with Crippen LogP contribution in [0.4, 0.5) is 5.69 Å². The number of nitrogens with zero attached hydrogens (tertiary/aromatic N) is 1. The van der Waals surface area contributed by atoms with Crippen LogP contribution >= 0.6 is 0 Å². The summed E-state index contributed by atoms with van der Waals surface area (Å²) in [4.78, 5) is 11.8. The molecule has 0 saturated carbocycles. The number of ether oxygens (including phenoxy) is 1. The van der Waals surface area contributed by atoms with Crippen LogP contribution < -0.4 is 5.32 Å². The van der Waals surface area contributed by atoms with E-state index in [2.05, 4.69) is 11.4 Å². The largest absolute Gasteiger partial charge is 0.467 e. The highest BCUT2D eigenvalue weighted by atomic mass is 16.5. The van der Waals surface area contributed by atoms with Crippen molar-refractivity contribution in [2.75, 3.05) is 12.4 Å². The van der Waals surface area contributed by atoms with Crippen LogP contribution in [0.5, 0.6) is 0 Å². The molecule has 0 spiro atoms. The molecule has 0 aromatic heterocycles. The summed E-state index contributed by atoms with van der Waals surface area (Å²) in [7, 11) is 1.38. The standard InChI is InChI=1S/C15H20N2O2/c1-10(2)8-13(15(18)19-4)17-14-11(3)6-5-7-12(14)9-16/h5-7,10,13,17H,8H2,1-4H3. The van der Waals surface area contributed by atoms with Crippen LogP contribution in [0.2, 0.25) is 0 Å². The van der Waals surface area contributed by atoms with Crippen LogP contribution in [0.1, 0.15) is 31.4 Å². The lowest BCUT2D eigenvalue weighted by atomic mass is 10.0. The van der Waals surface area contributed by atoms with Gasteiger partial charge >= 0.3 is 5.97 Å². The molecule has 0 saturated heterocycles. The van der Waals surface area contributed by atoms with E-state index in [9.17, 15) is 4.79 Å². The van der Waals surface area contributed by atoms with Crippen LogP contribution in [0.25, 0.3) is 0 Å². The molecule has 102 valence electrons. The second-order valence-corrected chi connectivity index (χ2v) is 4.96. The smallest absolute Gasteiger partial charge is 0.328 e. The number of benzene rings is 1. The average Bonchev–Trinajstić information content (AvgIpc) is 2.38. The third-order valence-corrected chi connectivity index (χ3v) is 2.90. The number of aryl methyl sites for hydroxylation is 1. The van der Waals surface area contributed by atoms with Crippen LogP contribution in [-0.4, -0.2) is 19.1 Å². The number of esters is 1. The Labute approximate surface area is 114 Å². The molecule has 0 bridgehead atoms. The van der Waals surface area contributed by atoms with E-state index in [4.69, 9.17) is 10.00 Å². The highest BCUT2D eigenvalue weighted by Crippen LogP contribution is 2.22. The fourth-order valence-corrected chi connectivity index (χ4v) is 1.95. The minimum absolute atomic E-state index is 0.305. The van der Waals surface area contributed by atoms with Gasteiger partial charge in [-0.05, 0) is 30.9 Å². The molecule has 0 amide bonds. The number of methoxy groups -OCH3 is 1. The second-order valence-electron chi connectivity index (χ2n) is 4.96. The Kier molecular flexibility index (Phi) is 5.37. The van der Waals surface area contributed by atoms with E-state index in [1.54, 1.807) is 6.07 Å². The maximum atomic E-state index is 11.8. The van der Waals surface area contributed by atoms with Crippen molar-refractivity contribution in [2.45, 2.75) is 33.2 Å². The Balaban J connectivity index is 3.03. The number of hydrogen-bond donors (Lipinski definition) is 1. The van der Waals surface area contributed by atoms with E-state index in [1.165, 1.54) is 7.11 Å².